The van der Waals surface area contributed by atoms with Crippen molar-refractivity contribution >= 4 is 5.97 Å². The van der Waals surface area contributed by atoms with Crippen molar-refractivity contribution in [3.05, 3.63) is 28.7 Å². The molecule has 2 N–H and O–H groups in total. The second kappa shape index (κ2) is 3.76. The van der Waals surface area contributed by atoms with Crippen LogP contribution in [-0.2, 0) is 6.42 Å². The number of aromatic nitrogens is 4. The van der Waals surface area contributed by atoms with E-state index in [1.54, 1.807) is 13.8 Å². The maximum atomic E-state index is 10.9. The molecule has 0 unspecified atom stereocenters. The number of carboxylic acid groups (broad SMARTS) is 1. The number of nitrogens with one attached hydrogen (secondary N) is 1. The molecule has 84 valence electrons. The molecular weight excluding hydrogens is 212 g/mol. The zero-order valence-electron chi connectivity index (χ0n) is 8.81. The lowest BCUT2D eigenvalue weighted by molar-refractivity contribution is 0.0689. The van der Waals surface area contributed by atoms with Crippen LogP contribution in [0.5, 0.6) is 0 Å². The summed E-state index contributed by atoms with van der Waals surface area (Å²) in [5, 5.41) is 18.9. The van der Waals surface area contributed by atoms with Gasteiger partial charge in [-0.05, 0) is 13.8 Å². The van der Waals surface area contributed by atoms with Crippen LogP contribution in [0.3, 0.4) is 0 Å². The summed E-state index contributed by atoms with van der Waals surface area (Å²) in [6.07, 6.45) is 0.269. The van der Waals surface area contributed by atoms with E-state index >= 15 is 0 Å². The molecule has 16 heavy (non-hydrogen) atoms. The van der Waals surface area contributed by atoms with E-state index in [1.807, 2.05) is 0 Å². The van der Waals surface area contributed by atoms with Gasteiger partial charge in [0.25, 0.3) is 0 Å². The first kappa shape index (κ1) is 10.3. The van der Waals surface area contributed by atoms with E-state index < -0.39 is 5.97 Å². The standard InChI is InChI=1S/C9H10N4O3/c1-4-6(8(9(14)15)12-11-4)3-7-10-5(2)13-16-7/h3H2,1-2H3,(H,11,12)(H,14,15). The average molecular weight is 222 g/mol. The van der Waals surface area contributed by atoms with E-state index in [1.165, 1.54) is 0 Å². The van der Waals surface area contributed by atoms with Gasteiger partial charge >= 0.3 is 5.97 Å². The number of H-pyrrole nitrogens is 1. The number of carboxylic acids is 1. The van der Waals surface area contributed by atoms with Gasteiger partial charge in [-0.1, -0.05) is 5.16 Å². The summed E-state index contributed by atoms with van der Waals surface area (Å²) in [5.74, 6) is -0.173. The predicted octanol–water partition coefficient (Wildman–Crippen LogP) is 0.699. The highest BCUT2D eigenvalue weighted by Crippen LogP contribution is 2.15. The third kappa shape index (κ3) is 1.79. The van der Waals surface area contributed by atoms with Gasteiger partial charge in [-0.3, -0.25) is 5.10 Å². The SMILES string of the molecule is Cc1noc(Cc2c(C(=O)O)n[nH]c2C)n1. The fourth-order valence-corrected chi connectivity index (χ4v) is 1.41. The summed E-state index contributed by atoms with van der Waals surface area (Å²) in [7, 11) is 0. The highest BCUT2D eigenvalue weighted by atomic mass is 16.5. The van der Waals surface area contributed by atoms with Crippen molar-refractivity contribution in [2.45, 2.75) is 20.3 Å². The topological polar surface area (TPSA) is 105 Å². The van der Waals surface area contributed by atoms with Crippen molar-refractivity contribution in [3.8, 4) is 0 Å². The number of nitrogens with zero attached hydrogens (tertiary/aromatic N) is 3. The largest absolute Gasteiger partial charge is 0.476 e. The van der Waals surface area contributed by atoms with Crippen molar-refractivity contribution in [2.24, 2.45) is 0 Å². The molecule has 0 aliphatic rings. The maximum Gasteiger partial charge on any atom is 0.356 e. The monoisotopic (exact) mass is 222 g/mol. The van der Waals surface area contributed by atoms with E-state index in [-0.39, 0.29) is 12.1 Å². The third-order valence-corrected chi connectivity index (χ3v) is 2.17. The smallest absolute Gasteiger partial charge is 0.356 e. The molecule has 0 saturated heterocycles. The van der Waals surface area contributed by atoms with Crippen LogP contribution in [0.4, 0.5) is 0 Å². The molecule has 0 fully saturated rings. The van der Waals surface area contributed by atoms with Gasteiger partial charge in [0.05, 0.1) is 6.42 Å². The Bertz CT molecular complexity index is 529. The lowest BCUT2D eigenvalue weighted by Crippen LogP contribution is -2.02. The lowest BCUT2D eigenvalue weighted by Gasteiger charge is -1.95. The Morgan fingerprint density at radius 2 is 2.25 bits per heavy atom. The molecule has 0 aliphatic heterocycles. The normalized spacial score (nSPS) is 10.6. The zero-order chi connectivity index (χ0) is 11.7. The van der Waals surface area contributed by atoms with Crippen molar-refractivity contribution in [1.29, 1.82) is 0 Å². The fraction of sp³-hybridized carbons (Fsp3) is 0.333. The van der Waals surface area contributed by atoms with Gasteiger partial charge in [0.2, 0.25) is 5.89 Å². The van der Waals surface area contributed by atoms with E-state index in [2.05, 4.69) is 20.3 Å². The number of aromatic carboxylic acids is 1. The minimum absolute atomic E-state index is 0.00615. The van der Waals surface area contributed by atoms with Crippen molar-refractivity contribution < 1.29 is 14.4 Å². The molecule has 2 heterocycles. The van der Waals surface area contributed by atoms with Crippen LogP contribution in [0.25, 0.3) is 0 Å². The number of hydrogen-bond donors (Lipinski definition) is 2. The molecule has 7 nitrogen and oxygen atoms in total. The van der Waals surface area contributed by atoms with Crippen LogP contribution >= 0.6 is 0 Å². The second-order valence-electron chi connectivity index (χ2n) is 3.39. The van der Waals surface area contributed by atoms with Crippen molar-refractivity contribution in [2.75, 3.05) is 0 Å². The van der Waals surface area contributed by atoms with Gasteiger partial charge in [-0.2, -0.15) is 10.1 Å². The number of aryl methyl sites for hydroxylation is 2. The van der Waals surface area contributed by atoms with Crippen LogP contribution < -0.4 is 0 Å². The van der Waals surface area contributed by atoms with Gasteiger partial charge in [0.15, 0.2) is 11.5 Å². The summed E-state index contributed by atoms with van der Waals surface area (Å²) in [4.78, 5) is 14.9. The molecule has 2 rings (SSSR count). The molecule has 2 aromatic heterocycles. The first-order valence-corrected chi connectivity index (χ1v) is 4.64. The molecule has 0 amide bonds. The van der Waals surface area contributed by atoms with E-state index in [0.717, 1.165) is 0 Å². The summed E-state index contributed by atoms with van der Waals surface area (Å²) in [6, 6.07) is 0. The Morgan fingerprint density at radius 3 is 2.81 bits per heavy atom. The highest BCUT2D eigenvalue weighted by Gasteiger charge is 2.18. The molecular formula is C9H10N4O3. The summed E-state index contributed by atoms with van der Waals surface area (Å²) in [6.45, 7) is 3.45. The Kier molecular flexibility index (Phi) is 2.43. The first-order valence-electron chi connectivity index (χ1n) is 4.64. The number of rotatable bonds is 3. The molecule has 0 spiro atoms. The molecule has 0 bridgehead atoms. The van der Waals surface area contributed by atoms with Crippen LogP contribution in [0.2, 0.25) is 0 Å². The Balaban J connectivity index is 2.33. The number of carbonyl (C=O) groups is 1. The molecule has 0 radical (unpaired) electrons. The second-order valence-corrected chi connectivity index (χ2v) is 3.39. The third-order valence-electron chi connectivity index (χ3n) is 2.17. The summed E-state index contributed by atoms with van der Waals surface area (Å²) >= 11 is 0. The maximum absolute atomic E-state index is 10.9. The Morgan fingerprint density at radius 1 is 1.50 bits per heavy atom. The van der Waals surface area contributed by atoms with Crippen molar-refractivity contribution in [3.63, 3.8) is 0 Å². The summed E-state index contributed by atoms with van der Waals surface area (Å²) in [5.41, 5.74) is 1.25. The van der Waals surface area contributed by atoms with E-state index in [4.69, 9.17) is 9.63 Å². The minimum Gasteiger partial charge on any atom is -0.476 e. The number of hydrogen-bond acceptors (Lipinski definition) is 5. The van der Waals surface area contributed by atoms with Crippen molar-refractivity contribution in [1.82, 2.24) is 20.3 Å². The minimum atomic E-state index is -1.07. The fourth-order valence-electron chi connectivity index (χ4n) is 1.41. The zero-order valence-corrected chi connectivity index (χ0v) is 8.81. The van der Waals surface area contributed by atoms with Gasteiger partial charge in [0.1, 0.15) is 0 Å². The van der Waals surface area contributed by atoms with E-state index in [0.29, 0.717) is 23.0 Å². The molecule has 0 aromatic carbocycles. The highest BCUT2D eigenvalue weighted by molar-refractivity contribution is 5.87. The predicted molar refractivity (Wildman–Crippen MR) is 52.1 cm³/mol. The molecule has 0 atom stereocenters. The van der Waals surface area contributed by atoms with Crippen LogP contribution in [-0.4, -0.2) is 31.4 Å². The molecule has 7 heteroatoms. The summed E-state index contributed by atoms with van der Waals surface area (Å²) < 4.78 is 4.93. The number of aromatic amines is 1. The molecule has 0 aliphatic carbocycles. The van der Waals surface area contributed by atoms with Gasteiger partial charge in [-0.15, -0.1) is 0 Å². The lowest BCUT2D eigenvalue weighted by atomic mass is 10.1. The molecule has 2 aromatic rings. The Hall–Kier alpha value is -2.18. The van der Waals surface area contributed by atoms with Crippen LogP contribution in [0.15, 0.2) is 4.52 Å². The van der Waals surface area contributed by atoms with E-state index in [9.17, 15) is 4.79 Å². The Labute approximate surface area is 90.5 Å². The van der Waals surface area contributed by atoms with Gasteiger partial charge in [0, 0.05) is 11.3 Å². The quantitative estimate of drug-likeness (QED) is 0.791. The van der Waals surface area contributed by atoms with Gasteiger partial charge in [-0.25, -0.2) is 4.79 Å². The molecule has 0 saturated carbocycles. The van der Waals surface area contributed by atoms with Gasteiger partial charge < -0.3 is 9.63 Å². The average Bonchev–Trinajstić information content (AvgIpc) is 2.76. The first-order chi connectivity index (χ1) is 7.58. The van der Waals surface area contributed by atoms with Crippen LogP contribution in [0, 0.1) is 13.8 Å². The van der Waals surface area contributed by atoms with Crippen LogP contribution in [0.1, 0.15) is 33.5 Å².